The number of halogens is 1. The molecule has 0 spiro atoms. The number of carbonyl (C=O) groups is 1. The molecule has 152 valence electrons. The number of likely N-dealkylation sites (tertiary alicyclic amines) is 1. The maximum absolute atomic E-state index is 12.8. The molecule has 0 bridgehead atoms. The lowest BCUT2D eigenvalue weighted by atomic mass is 9.92. The van der Waals surface area contributed by atoms with Gasteiger partial charge in [-0.3, -0.25) is 4.79 Å². The summed E-state index contributed by atoms with van der Waals surface area (Å²) in [7, 11) is -3.58. The van der Waals surface area contributed by atoms with Crippen molar-refractivity contribution in [2.24, 2.45) is 11.8 Å². The first-order valence-corrected chi connectivity index (χ1v) is 10.8. The number of nitrogens with zero attached hydrogens (tertiary/aromatic N) is 2. The Morgan fingerprint density at radius 1 is 1.07 bits per heavy atom. The highest BCUT2D eigenvalue weighted by molar-refractivity contribution is 7.89. The molecule has 0 aromatic carbocycles. The quantitative estimate of drug-likeness (QED) is 0.746. The average molecular weight is 419 g/mol. The predicted molar refractivity (Wildman–Crippen MR) is 103 cm³/mol. The van der Waals surface area contributed by atoms with E-state index in [4.69, 9.17) is 4.74 Å². The third-order valence-corrected chi connectivity index (χ3v) is 7.68. The van der Waals surface area contributed by atoms with Gasteiger partial charge < -0.3 is 19.9 Å². The van der Waals surface area contributed by atoms with Crippen LogP contribution in [0.5, 0.6) is 0 Å². The van der Waals surface area contributed by atoms with Crippen molar-refractivity contribution < 1.29 is 17.9 Å². The van der Waals surface area contributed by atoms with Gasteiger partial charge in [-0.2, -0.15) is 4.31 Å². The highest BCUT2D eigenvalue weighted by atomic mass is 35.5. The van der Waals surface area contributed by atoms with E-state index in [0.29, 0.717) is 43.8 Å². The molecule has 10 heteroatoms. The van der Waals surface area contributed by atoms with Crippen molar-refractivity contribution in [2.45, 2.75) is 17.7 Å². The molecule has 27 heavy (non-hydrogen) atoms. The van der Waals surface area contributed by atoms with Gasteiger partial charge in [-0.1, -0.05) is 0 Å². The van der Waals surface area contributed by atoms with Crippen LogP contribution in [0.2, 0.25) is 0 Å². The van der Waals surface area contributed by atoms with Crippen LogP contribution in [0.1, 0.15) is 23.3 Å². The van der Waals surface area contributed by atoms with Crippen LogP contribution in [0.3, 0.4) is 0 Å². The minimum atomic E-state index is -3.58. The number of rotatable bonds is 3. The van der Waals surface area contributed by atoms with Gasteiger partial charge in [0.25, 0.3) is 5.91 Å². The number of hydrogen-bond acceptors (Lipinski definition) is 5. The van der Waals surface area contributed by atoms with Gasteiger partial charge in [-0.15, -0.1) is 12.4 Å². The number of fused-ring (bicyclic) bond motifs is 1. The van der Waals surface area contributed by atoms with E-state index in [0.717, 1.165) is 39.0 Å². The number of ether oxygens (including phenoxy) is 1. The SMILES string of the molecule is Cl.O=C(c1cc(S(=O)(=O)N2CCOCC2)c[nH]1)N1CC[C@@H]2CNC[C@@H]2CC1. The lowest BCUT2D eigenvalue weighted by Crippen LogP contribution is -2.40. The fraction of sp³-hybridized carbons (Fsp3) is 0.706. The molecule has 3 aliphatic heterocycles. The molecule has 2 atom stereocenters. The molecular formula is C17H27ClN4O4S. The molecule has 1 aromatic rings. The summed E-state index contributed by atoms with van der Waals surface area (Å²) in [6.07, 6.45) is 3.43. The molecule has 8 nitrogen and oxygen atoms in total. The monoisotopic (exact) mass is 418 g/mol. The Morgan fingerprint density at radius 3 is 2.33 bits per heavy atom. The first-order valence-electron chi connectivity index (χ1n) is 9.32. The molecule has 0 unspecified atom stereocenters. The van der Waals surface area contributed by atoms with Crippen LogP contribution in [0.4, 0.5) is 0 Å². The van der Waals surface area contributed by atoms with Crippen LogP contribution in [0, 0.1) is 11.8 Å². The summed E-state index contributed by atoms with van der Waals surface area (Å²) in [4.78, 5) is 17.7. The Kier molecular flexibility index (Phi) is 6.47. The number of sulfonamides is 1. The standard InChI is InChI=1S/C17H26N4O4S.ClH/c22-17(20-3-1-13-10-18-11-14(13)2-4-20)16-9-15(12-19-16)26(23,24)21-5-7-25-8-6-21;/h9,12-14,18-19H,1-8,10-11H2;1H/t13-,14+;. The second-order valence-corrected chi connectivity index (χ2v) is 9.25. The van der Waals surface area contributed by atoms with Gasteiger partial charge in [0, 0.05) is 32.4 Å². The van der Waals surface area contributed by atoms with Gasteiger partial charge in [-0.05, 0) is 43.8 Å². The molecule has 3 aliphatic rings. The zero-order valence-corrected chi connectivity index (χ0v) is 16.9. The summed E-state index contributed by atoms with van der Waals surface area (Å²) < 4.78 is 32.0. The fourth-order valence-electron chi connectivity index (χ4n) is 4.17. The number of aromatic nitrogens is 1. The summed E-state index contributed by atoms with van der Waals surface area (Å²) in [6.45, 7) is 5.03. The van der Waals surface area contributed by atoms with Crippen LogP contribution in [-0.4, -0.2) is 81.0 Å². The van der Waals surface area contributed by atoms with Gasteiger partial charge in [0.2, 0.25) is 10.0 Å². The normalized spacial score (nSPS) is 26.9. The number of morpholine rings is 1. The topological polar surface area (TPSA) is 94.7 Å². The fourth-order valence-corrected chi connectivity index (χ4v) is 5.58. The van der Waals surface area contributed by atoms with Crippen LogP contribution in [0.15, 0.2) is 17.2 Å². The van der Waals surface area contributed by atoms with Crippen LogP contribution in [-0.2, 0) is 14.8 Å². The molecule has 1 aromatic heterocycles. The predicted octanol–water partition coefficient (Wildman–Crippen LogP) is 0.529. The Bertz CT molecular complexity index is 749. The van der Waals surface area contributed by atoms with E-state index in [-0.39, 0.29) is 23.2 Å². The number of H-pyrrole nitrogens is 1. The summed E-state index contributed by atoms with van der Waals surface area (Å²) in [5.41, 5.74) is 0.349. The minimum absolute atomic E-state index is 0. The number of nitrogens with one attached hydrogen (secondary N) is 2. The summed E-state index contributed by atoms with van der Waals surface area (Å²) in [5, 5.41) is 3.43. The number of aromatic amines is 1. The molecule has 2 N–H and O–H groups in total. The van der Waals surface area contributed by atoms with Crippen molar-refractivity contribution >= 4 is 28.3 Å². The van der Waals surface area contributed by atoms with Crippen molar-refractivity contribution in [3.05, 3.63) is 18.0 Å². The summed E-state index contributed by atoms with van der Waals surface area (Å²) in [6, 6.07) is 1.47. The number of carbonyl (C=O) groups excluding carboxylic acids is 1. The van der Waals surface area contributed by atoms with E-state index < -0.39 is 10.0 Å². The van der Waals surface area contributed by atoms with Crippen LogP contribution >= 0.6 is 12.4 Å². The Balaban J connectivity index is 0.00000210. The second-order valence-electron chi connectivity index (χ2n) is 7.31. The average Bonchev–Trinajstić information content (AvgIpc) is 3.28. The van der Waals surface area contributed by atoms with Gasteiger partial charge in [-0.25, -0.2) is 8.42 Å². The lowest BCUT2D eigenvalue weighted by molar-refractivity contribution is 0.0730. The highest BCUT2D eigenvalue weighted by Gasteiger charge is 2.33. The summed E-state index contributed by atoms with van der Waals surface area (Å²) >= 11 is 0. The van der Waals surface area contributed by atoms with Crippen LogP contribution < -0.4 is 5.32 Å². The molecule has 0 aliphatic carbocycles. The number of hydrogen-bond donors (Lipinski definition) is 2. The van der Waals surface area contributed by atoms with Crippen LogP contribution in [0.25, 0.3) is 0 Å². The summed E-state index contributed by atoms with van der Waals surface area (Å²) in [5.74, 6) is 1.18. The molecule has 4 heterocycles. The zero-order valence-electron chi connectivity index (χ0n) is 15.2. The van der Waals surface area contributed by atoms with E-state index in [2.05, 4.69) is 10.3 Å². The van der Waals surface area contributed by atoms with Crippen molar-refractivity contribution in [1.29, 1.82) is 0 Å². The zero-order chi connectivity index (χ0) is 18.1. The van der Waals surface area contributed by atoms with Gasteiger partial charge >= 0.3 is 0 Å². The second kappa shape index (κ2) is 8.48. The molecule has 3 saturated heterocycles. The maximum atomic E-state index is 12.8. The Morgan fingerprint density at radius 2 is 1.70 bits per heavy atom. The Hall–Kier alpha value is -1.13. The molecule has 0 saturated carbocycles. The molecule has 4 rings (SSSR count). The van der Waals surface area contributed by atoms with E-state index in [1.54, 1.807) is 0 Å². The van der Waals surface area contributed by atoms with Crippen molar-refractivity contribution in [3.8, 4) is 0 Å². The Labute approximate surface area is 166 Å². The van der Waals surface area contributed by atoms with E-state index in [1.165, 1.54) is 16.6 Å². The van der Waals surface area contributed by atoms with Crippen molar-refractivity contribution in [2.75, 3.05) is 52.5 Å². The largest absolute Gasteiger partial charge is 0.379 e. The van der Waals surface area contributed by atoms with E-state index >= 15 is 0 Å². The van der Waals surface area contributed by atoms with Crippen molar-refractivity contribution in [1.82, 2.24) is 19.5 Å². The first kappa shape index (κ1) is 20.6. The first-order chi connectivity index (χ1) is 12.6. The number of amides is 1. The third kappa shape index (κ3) is 4.17. The maximum Gasteiger partial charge on any atom is 0.270 e. The highest BCUT2D eigenvalue weighted by Crippen LogP contribution is 2.28. The minimum Gasteiger partial charge on any atom is -0.379 e. The van der Waals surface area contributed by atoms with E-state index in [9.17, 15) is 13.2 Å². The van der Waals surface area contributed by atoms with Gasteiger partial charge in [0.15, 0.2) is 0 Å². The smallest absolute Gasteiger partial charge is 0.270 e. The van der Waals surface area contributed by atoms with Gasteiger partial charge in [0.1, 0.15) is 10.6 Å². The third-order valence-electron chi connectivity index (χ3n) is 5.80. The lowest BCUT2D eigenvalue weighted by Gasteiger charge is -2.25. The van der Waals surface area contributed by atoms with Gasteiger partial charge in [0.05, 0.1) is 13.2 Å². The molecule has 3 fully saturated rings. The molecule has 1 amide bonds. The van der Waals surface area contributed by atoms with Crippen molar-refractivity contribution in [3.63, 3.8) is 0 Å². The van der Waals surface area contributed by atoms with E-state index in [1.807, 2.05) is 4.90 Å². The molecular weight excluding hydrogens is 392 g/mol. The molecule has 0 radical (unpaired) electrons.